The zero-order chi connectivity index (χ0) is 16.0. The van der Waals surface area contributed by atoms with Gasteiger partial charge in [-0.15, -0.1) is 0 Å². The van der Waals surface area contributed by atoms with E-state index in [0.29, 0.717) is 12.3 Å². The molecule has 3 N–H and O–H groups in total. The van der Waals surface area contributed by atoms with E-state index in [4.69, 9.17) is 10.5 Å². The Bertz CT molecular complexity index is 441. The Balaban J connectivity index is 2.58. The van der Waals surface area contributed by atoms with Crippen molar-refractivity contribution >= 4 is 5.91 Å². The standard InChI is InChI=1S/C17H28N2O2/c1-11(2)10-16(18)17(20)19-13(5)14-6-8-15(9-7-14)21-12(3)4/h6-9,11-13,16H,10,18H2,1-5H3,(H,19,20). The highest BCUT2D eigenvalue weighted by atomic mass is 16.5. The van der Waals surface area contributed by atoms with Gasteiger partial charge in [0.05, 0.1) is 18.2 Å². The molecule has 2 atom stereocenters. The van der Waals surface area contributed by atoms with Crippen molar-refractivity contribution in [2.45, 2.75) is 59.2 Å². The van der Waals surface area contributed by atoms with Crippen LogP contribution in [0.1, 0.15) is 52.6 Å². The molecule has 4 heteroatoms. The number of carbonyl (C=O) groups is 1. The number of nitrogens with one attached hydrogen (secondary N) is 1. The highest BCUT2D eigenvalue weighted by Crippen LogP contribution is 2.18. The van der Waals surface area contributed by atoms with Gasteiger partial charge in [0, 0.05) is 0 Å². The second-order valence-electron chi connectivity index (χ2n) is 6.20. The summed E-state index contributed by atoms with van der Waals surface area (Å²) < 4.78 is 5.60. The lowest BCUT2D eigenvalue weighted by Crippen LogP contribution is -2.42. The summed E-state index contributed by atoms with van der Waals surface area (Å²) in [4.78, 5) is 12.0. The highest BCUT2D eigenvalue weighted by Gasteiger charge is 2.17. The Kier molecular flexibility index (Phi) is 6.69. The fourth-order valence-corrected chi connectivity index (χ4v) is 2.13. The van der Waals surface area contributed by atoms with Crippen LogP contribution in [-0.4, -0.2) is 18.1 Å². The number of hydrogen-bond acceptors (Lipinski definition) is 3. The molecule has 0 aromatic heterocycles. The van der Waals surface area contributed by atoms with Gasteiger partial charge < -0.3 is 15.8 Å². The molecule has 0 aliphatic heterocycles. The molecule has 118 valence electrons. The van der Waals surface area contributed by atoms with Crippen molar-refractivity contribution in [1.29, 1.82) is 0 Å². The zero-order valence-electron chi connectivity index (χ0n) is 13.7. The highest BCUT2D eigenvalue weighted by molar-refractivity contribution is 5.81. The molecule has 0 aliphatic carbocycles. The fourth-order valence-electron chi connectivity index (χ4n) is 2.13. The summed E-state index contributed by atoms with van der Waals surface area (Å²) in [6, 6.07) is 7.27. The predicted molar refractivity (Wildman–Crippen MR) is 86.2 cm³/mol. The SMILES string of the molecule is CC(C)CC(N)C(=O)NC(C)c1ccc(OC(C)C)cc1. The second kappa shape index (κ2) is 8.03. The molecule has 0 heterocycles. The molecule has 2 unspecified atom stereocenters. The lowest BCUT2D eigenvalue weighted by Gasteiger charge is -2.19. The van der Waals surface area contributed by atoms with Gasteiger partial charge in [0.2, 0.25) is 5.91 Å². The summed E-state index contributed by atoms with van der Waals surface area (Å²) in [5, 5.41) is 2.96. The molecule has 0 saturated heterocycles. The maximum atomic E-state index is 12.0. The normalized spacial score (nSPS) is 14.1. The molecular formula is C17H28N2O2. The average molecular weight is 292 g/mol. The monoisotopic (exact) mass is 292 g/mol. The van der Waals surface area contributed by atoms with Crippen LogP contribution in [0.4, 0.5) is 0 Å². The number of nitrogens with two attached hydrogens (primary N) is 1. The van der Waals surface area contributed by atoms with Crippen molar-refractivity contribution in [3.63, 3.8) is 0 Å². The smallest absolute Gasteiger partial charge is 0.237 e. The zero-order valence-corrected chi connectivity index (χ0v) is 13.7. The molecule has 1 aromatic carbocycles. The van der Waals surface area contributed by atoms with Crippen molar-refractivity contribution in [3.05, 3.63) is 29.8 Å². The number of hydrogen-bond donors (Lipinski definition) is 2. The van der Waals surface area contributed by atoms with Gasteiger partial charge in [0.1, 0.15) is 5.75 Å². The van der Waals surface area contributed by atoms with Gasteiger partial charge in [0.25, 0.3) is 0 Å². The topological polar surface area (TPSA) is 64.4 Å². The van der Waals surface area contributed by atoms with E-state index in [1.54, 1.807) is 0 Å². The van der Waals surface area contributed by atoms with Crippen LogP contribution in [0.15, 0.2) is 24.3 Å². The quantitative estimate of drug-likeness (QED) is 0.812. The molecule has 0 radical (unpaired) electrons. The van der Waals surface area contributed by atoms with E-state index in [9.17, 15) is 4.79 Å². The summed E-state index contributed by atoms with van der Waals surface area (Å²) in [5.41, 5.74) is 6.93. The number of benzene rings is 1. The summed E-state index contributed by atoms with van der Waals surface area (Å²) in [5.74, 6) is 1.15. The Morgan fingerprint density at radius 3 is 2.19 bits per heavy atom. The van der Waals surface area contributed by atoms with Gasteiger partial charge in [-0.3, -0.25) is 4.79 Å². The van der Waals surface area contributed by atoms with E-state index >= 15 is 0 Å². The van der Waals surface area contributed by atoms with Crippen LogP contribution in [0.25, 0.3) is 0 Å². The van der Waals surface area contributed by atoms with Crippen molar-refractivity contribution in [1.82, 2.24) is 5.32 Å². The number of amides is 1. The van der Waals surface area contributed by atoms with E-state index in [2.05, 4.69) is 19.2 Å². The first-order valence-corrected chi connectivity index (χ1v) is 7.62. The maximum absolute atomic E-state index is 12.0. The third-order valence-electron chi connectivity index (χ3n) is 3.17. The van der Waals surface area contributed by atoms with Gasteiger partial charge in [-0.1, -0.05) is 26.0 Å². The summed E-state index contributed by atoms with van der Waals surface area (Å²) in [6.45, 7) is 10.1. The summed E-state index contributed by atoms with van der Waals surface area (Å²) in [6.07, 6.45) is 0.849. The van der Waals surface area contributed by atoms with E-state index in [-0.39, 0.29) is 18.1 Å². The minimum absolute atomic E-state index is 0.0659. The average Bonchev–Trinajstić information content (AvgIpc) is 2.37. The van der Waals surface area contributed by atoms with Gasteiger partial charge in [-0.05, 0) is 50.8 Å². The van der Waals surface area contributed by atoms with Crippen LogP contribution in [-0.2, 0) is 4.79 Å². The second-order valence-corrected chi connectivity index (χ2v) is 6.20. The molecule has 1 amide bonds. The molecule has 0 bridgehead atoms. The maximum Gasteiger partial charge on any atom is 0.237 e. The van der Waals surface area contributed by atoms with E-state index in [0.717, 1.165) is 11.3 Å². The van der Waals surface area contributed by atoms with Gasteiger partial charge in [-0.25, -0.2) is 0 Å². The Morgan fingerprint density at radius 2 is 1.71 bits per heavy atom. The van der Waals surface area contributed by atoms with Crippen molar-refractivity contribution < 1.29 is 9.53 Å². The molecule has 1 rings (SSSR count). The largest absolute Gasteiger partial charge is 0.491 e. The number of rotatable bonds is 7. The number of ether oxygens (including phenoxy) is 1. The van der Waals surface area contributed by atoms with E-state index in [1.165, 1.54) is 0 Å². The van der Waals surface area contributed by atoms with Crippen LogP contribution < -0.4 is 15.8 Å². The lowest BCUT2D eigenvalue weighted by atomic mass is 10.0. The first kappa shape index (κ1) is 17.5. The van der Waals surface area contributed by atoms with Gasteiger partial charge in [0.15, 0.2) is 0 Å². The van der Waals surface area contributed by atoms with Crippen LogP contribution in [0, 0.1) is 5.92 Å². The molecule has 0 spiro atoms. The van der Waals surface area contributed by atoms with Crippen molar-refractivity contribution in [3.8, 4) is 5.75 Å². The van der Waals surface area contributed by atoms with Crippen LogP contribution in [0.5, 0.6) is 5.75 Å². The Labute approximate surface area is 128 Å². The fraction of sp³-hybridized carbons (Fsp3) is 0.588. The summed E-state index contributed by atoms with van der Waals surface area (Å²) in [7, 11) is 0. The number of carbonyl (C=O) groups excluding carboxylic acids is 1. The molecular weight excluding hydrogens is 264 g/mol. The Hall–Kier alpha value is -1.55. The van der Waals surface area contributed by atoms with E-state index in [1.807, 2.05) is 45.0 Å². The van der Waals surface area contributed by atoms with Gasteiger partial charge in [-0.2, -0.15) is 0 Å². The first-order chi connectivity index (χ1) is 9.79. The van der Waals surface area contributed by atoms with Crippen LogP contribution in [0.3, 0.4) is 0 Å². The third kappa shape index (κ3) is 6.17. The van der Waals surface area contributed by atoms with Crippen molar-refractivity contribution in [2.75, 3.05) is 0 Å². The molecule has 0 aliphatic rings. The predicted octanol–water partition coefficient (Wildman–Crippen LogP) is 3.02. The molecule has 0 saturated carbocycles. The van der Waals surface area contributed by atoms with E-state index < -0.39 is 6.04 Å². The minimum Gasteiger partial charge on any atom is -0.491 e. The van der Waals surface area contributed by atoms with Gasteiger partial charge >= 0.3 is 0 Å². The third-order valence-corrected chi connectivity index (χ3v) is 3.17. The molecule has 1 aromatic rings. The lowest BCUT2D eigenvalue weighted by molar-refractivity contribution is -0.123. The minimum atomic E-state index is -0.448. The molecule has 0 fully saturated rings. The van der Waals surface area contributed by atoms with Crippen LogP contribution >= 0.6 is 0 Å². The Morgan fingerprint density at radius 1 is 1.14 bits per heavy atom. The molecule has 21 heavy (non-hydrogen) atoms. The first-order valence-electron chi connectivity index (χ1n) is 7.62. The molecule has 4 nitrogen and oxygen atoms in total. The van der Waals surface area contributed by atoms with Crippen molar-refractivity contribution in [2.24, 2.45) is 11.7 Å². The van der Waals surface area contributed by atoms with Crippen LogP contribution in [0.2, 0.25) is 0 Å². The summed E-state index contributed by atoms with van der Waals surface area (Å²) >= 11 is 0.